The lowest BCUT2D eigenvalue weighted by atomic mass is 9.99. The van der Waals surface area contributed by atoms with Crippen LogP contribution in [0, 0.1) is 0 Å². The number of hydrogen-bond donors (Lipinski definition) is 1. The molecule has 1 aliphatic heterocycles. The summed E-state index contributed by atoms with van der Waals surface area (Å²) in [6.07, 6.45) is 4.26. The summed E-state index contributed by atoms with van der Waals surface area (Å²) in [6.45, 7) is 1.33. The molecule has 5 heteroatoms. The van der Waals surface area contributed by atoms with Crippen molar-refractivity contribution in [2.75, 3.05) is 20.3 Å². The number of nitrogens with two attached hydrogens (primary N) is 1. The van der Waals surface area contributed by atoms with Gasteiger partial charge in [-0.05, 0) is 23.8 Å². The number of pyridine rings is 1. The molecule has 2 heterocycles. The van der Waals surface area contributed by atoms with E-state index in [4.69, 9.17) is 19.9 Å². The number of methoxy groups -OCH3 is 1. The number of ether oxygens (including phenoxy) is 3. The second-order valence-corrected chi connectivity index (χ2v) is 4.85. The van der Waals surface area contributed by atoms with E-state index in [-0.39, 0.29) is 6.04 Å². The average molecular weight is 286 g/mol. The normalized spacial score (nSPS) is 15.1. The van der Waals surface area contributed by atoms with E-state index in [0.29, 0.717) is 19.0 Å². The molecule has 110 valence electrons. The van der Waals surface area contributed by atoms with Gasteiger partial charge in [0.25, 0.3) is 0 Å². The minimum absolute atomic E-state index is 0.305. The number of nitrogens with zero attached hydrogens (tertiary/aromatic N) is 1. The molecule has 0 radical (unpaired) electrons. The molecule has 1 aliphatic rings. The second kappa shape index (κ2) is 6.01. The number of hydrogen-bond acceptors (Lipinski definition) is 5. The number of fused-ring (bicyclic) bond motifs is 1. The third-order valence-electron chi connectivity index (χ3n) is 3.50. The fourth-order valence-electron chi connectivity index (χ4n) is 2.37. The highest BCUT2D eigenvalue weighted by molar-refractivity contribution is 5.47. The topological polar surface area (TPSA) is 66.6 Å². The van der Waals surface area contributed by atoms with Crippen LogP contribution in [0.3, 0.4) is 0 Å². The van der Waals surface area contributed by atoms with Crippen molar-refractivity contribution in [3.05, 3.63) is 47.8 Å². The first-order valence-electron chi connectivity index (χ1n) is 6.92. The van der Waals surface area contributed by atoms with Gasteiger partial charge in [0.1, 0.15) is 5.75 Å². The first kappa shape index (κ1) is 13.7. The third-order valence-corrected chi connectivity index (χ3v) is 3.50. The van der Waals surface area contributed by atoms with Gasteiger partial charge in [-0.2, -0.15) is 0 Å². The molecule has 2 aromatic rings. The van der Waals surface area contributed by atoms with Gasteiger partial charge >= 0.3 is 0 Å². The Morgan fingerprint density at radius 2 is 2.00 bits per heavy atom. The zero-order valence-corrected chi connectivity index (χ0v) is 11.9. The molecule has 0 bridgehead atoms. The van der Waals surface area contributed by atoms with Crippen molar-refractivity contribution in [1.29, 1.82) is 0 Å². The Morgan fingerprint density at radius 1 is 1.19 bits per heavy atom. The molecule has 1 unspecified atom stereocenters. The van der Waals surface area contributed by atoms with Crippen LogP contribution in [0.4, 0.5) is 0 Å². The molecule has 0 amide bonds. The van der Waals surface area contributed by atoms with Crippen LogP contribution in [0.15, 0.2) is 36.7 Å². The van der Waals surface area contributed by atoms with E-state index in [1.54, 1.807) is 19.5 Å². The molecule has 21 heavy (non-hydrogen) atoms. The minimum Gasteiger partial charge on any atom is -0.495 e. The molecule has 1 atom stereocenters. The molecule has 0 saturated carbocycles. The summed E-state index contributed by atoms with van der Waals surface area (Å²) in [5.41, 5.74) is 8.20. The van der Waals surface area contributed by atoms with Crippen LogP contribution in [-0.2, 0) is 0 Å². The summed E-state index contributed by atoms with van der Waals surface area (Å²) in [5.74, 6) is 2.19. The van der Waals surface area contributed by atoms with E-state index < -0.39 is 0 Å². The Kier molecular flexibility index (Phi) is 3.92. The van der Waals surface area contributed by atoms with Crippen LogP contribution in [0.25, 0.3) is 0 Å². The lowest BCUT2D eigenvalue weighted by molar-refractivity contribution is 0.297. The van der Waals surface area contributed by atoms with Crippen molar-refractivity contribution in [2.45, 2.75) is 12.5 Å². The predicted molar refractivity (Wildman–Crippen MR) is 78.9 cm³/mol. The van der Waals surface area contributed by atoms with E-state index in [0.717, 1.165) is 29.0 Å². The van der Waals surface area contributed by atoms with E-state index in [2.05, 4.69) is 4.98 Å². The van der Waals surface area contributed by atoms with Gasteiger partial charge in [-0.1, -0.05) is 6.07 Å². The molecule has 0 saturated heterocycles. The molecule has 1 aromatic heterocycles. The van der Waals surface area contributed by atoms with Crippen LogP contribution in [0.2, 0.25) is 0 Å². The van der Waals surface area contributed by atoms with Crippen LogP contribution in [-0.4, -0.2) is 25.3 Å². The van der Waals surface area contributed by atoms with E-state index >= 15 is 0 Å². The lowest BCUT2D eigenvalue weighted by Gasteiger charge is -2.17. The van der Waals surface area contributed by atoms with E-state index in [9.17, 15) is 0 Å². The number of rotatable bonds is 3. The summed E-state index contributed by atoms with van der Waals surface area (Å²) in [4.78, 5) is 4.05. The highest BCUT2D eigenvalue weighted by atomic mass is 16.5. The zero-order chi connectivity index (χ0) is 14.7. The maximum Gasteiger partial charge on any atom is 0.161 e. The van der Waals surface area contributed by atoms with Gasteiger partial charge in [-0.25, -0.2) is 0 Å². The van der Waals surface area contributed by atoms with E-state index in [1.165, 1.54) is 0 Å². The minimum atomic E-state index is -0.305. The predicted octanol–water partition coefficient (Wildman–Crippen LogP) is 2.30. The zero-order valence-electron chi connectivity index (χ0n) is 11.9. The average Bonchev–Trinajstić information content (AvgIpc) is 2.78. The van der Waals surface area contributed by atoms with Crippen LogP contribution >= 0.6 is 0 Å². The summed E-state index contributed by atoms with van der Waals surface area (Å²) < 4.78 is 16.7. The van der Waals surface area contributed by atoms with Crippen LogP contribution < -0.4 is 19.9 Å². The standard InChI is InChI=1S/C16H18N2O3/c1-19-15-10-18-6-5-12(15)16(17)11-3-4-13-14(9-11)21-8-2-7-20-13/h3-6,9-10,16H,2,7-8,17H2,1H3. The monoisotopic (exact) mass is 286 g/mol. The van der Waals surface area contributed by atoms with Crippen molar-refractivity contribution >= 4 is 0 Å². The fourth-order valence-corrected chi connectivity index (χ4v) is 2.37. The molecule has 5 nitrogen and oxygen atoms in total. The lowest BCUT2D eigenvalue weighted by Crippen LogP contribution is -2.13. The van der Waals surface area contributed by atoms with Crippen molar-refractivity contribution in [3.63, 3.8) is 0 Å². The molecule has 1 aromatic carbocycles. The Bertz CT molecular complexity index is 631. The quantitative estimate of drug-likeness (QED) is 0.937. The Morgan fingerprint density at radius 3 is 2.81 bits per heavy atom. The van der Waals surface area contributed by atoms with Crippen LogP contribution in [0.5, 0.6) is 17.2 Å². The van der Waals surface area contributed by atoms with E-state index in [1.807, 2.05) is 24.3 Å². The Labute approximate surface area is 123 Å². The summed E-state index contributed by atoms with van der Waals surface area (Å²) in [5, 5.41) is 0. The smallest absolute Gasteiger partial charge is 0.161 e. The first-order chi connectivity index (χ1) is 10.3. The maximum absolute atomic E-state index is 6.36. The highest BCUT2D eigenvalue weighted by Gasteiger charge is 2.17. The van der Waals surface area contributed by atoms with Gasteiger partial charge in [0.15, 0.2) is 11.5 Å². The molecule has 2 N–H and O–H groups in total. The number of benzene rings is 1. The Balaban J connectivity index is 1.94. The molecular weight excluding hydrogens is 268 g/mol. The second-order valence-electron chi connectivity index (χ2n) is 4.85. The van der Waals surface area contributed by atoms with Crippen molar-refractivity contribution in [3.8, 4) is 17.2 Å². The first-order valence-corrected chi connectivity index (χ1v) is 6.92. The molecule has 0 aliphatic carbocycles. The van der Waals surface area contributed by atoms with Gasteiger partial charge in [0, 0.05) is 18.2 Å². The van der Waals surface area contributed by atoms with Crippen LogP contribution in [0.1, 0.15) is 23.6 Å². The third kappa shape index (κ3) is 2.78. The summed E-state index contributed by atoms with van der Waals surface area (Å²) in [6, 6.07) is 7.36. The van der Waals surface area contributed by atoms with Crippen molar-refractivity contribution in [2.24, 2.45) is 5.73 Å². The van der Waals surface area contributed by atoms with Gasteiger partial charge in [-0.15, -0.1) is 0 Å². The SMILES string of the molecule is COc1cnccc1C(N)c1ccc2c(c1)OCCCO2. The van der Waals surface area contributed by atoms with Crippen molar-refractivity contribution in [1.82, 2.24) is 4.98 Å². The summed E-state index contributed by atoms with van der Waals surface area (Å²) in [7, 11) is 1.61. The van der Waals surface area contributed by atoms with Gasteiger partial charge in [0.05, 0.1) is 32.6 Å². The number of aromatic nitrogens is 1. The maximum atomic E-state index is 6.36. The molecule has 0 spiro atoms. The van der Waals surface area contributed by atoms with Gasteiger partial charge in [0.2, 0.25) is 0 Å². The largest absolute Gasteiger partial charge is 0.495 e. The molecule has 3 rings (SSSR count). The van der Waals surface area contributed by atoms with Gasteiger partial charge in [-0.3, -0.25) is 4.98 Å². The van der Waals surface area contributed by atoms with Gasteiger partial charge < -0.3 is 19.9 Å². The fraction of sp³-hybridized carbons (Fsp3) is 0.312. The highest BCUT2D eigenvalue weighted by Crippen LogP contribution is 2.34. The Hall–Kier alpha value is -2.27. The summed E-state index contributed by atoms with van der Waals surface area (Å²) >= 11 is 0. The molecular formula is C16H18N2O3. The van der Waals surface area contributed by atoms with Crippen molar-refractivity contribution < 1.29 is 14.2 Å². The molecule has 0 fully saturated rings.